The summed E-state index contributed by atoms with van der Waals surface area (Å²) in [6, 6.07) is 4.80. The van der Waals surface area contributed by atoms with Gasteiger partial charge in [0, 0.05) is 16.7 Å². The average molecular weight is 240 g/mol. The van der Waals surface area contributed by atoms with E-state index in [2.05, 4.69) is 4.98 Å². The van der Waals surface area contributed by atoms with E-state index in [1.807, 2.05) is 32.0 Å². The average Bonchev–Trinajstić information content (AvgIpc) is 2.27. The van der Waals surface area contributed by atoms with Crippen molar-refractivity contribution in [3.8, 4) is 0 Å². The predicted molar refractivity (Wildman–Crippen MR) is 65.2 cm³/mol. The van der Waals surface area contributed by atoms with Crippen molar-refractivity contribution in [2.24, 2.45) is 5.73 Å². The number of rotatable bonds is 5. The Balaban J connectivity index is 2.57. The second-order valence-corrected chi connectivity index (χ2v) is 5.66. The van der Waals surface area contributed by atoms with Crippen LogP contribution in [-0.4, -0.2) is 26.8 Å². The molecule has 88 valence electrons. The van der Waals surface area contributed by atoms with E-state index < -0.39 is 16.8 Å². The van der Waals surface area contributed by atoms with Gasteiger partial charge in [-0.2, -0.15) is 0 Å². The fourth-order valence-electron chi connectivity index (χ4n) is 1.13. The maximum absolute atomic E-state index is 10.8. The van der Waals surface area contributed by atoms with Crippen molar-refractivity contribution < 1.29 is 9.90 Å². The van der Waals surface area contributed by atoms with Crippen LogP contribution in [0.1, 0.15) is 19.5 Å². The molecule has 0 aliphatic heterocycles. The number of carboxylic acid groups (broad SMARTS) is 1. The summed E-state index contributed by atoms with van der Waals surface area (Å²) in [6.07, 6.45) is 1.72. The molecule has 0 fully saturated rings. The maximum Gasteiger partial charge on any atom is 0.321 e. The van der Waals surface area contributed by atoms with Crippen molar-refractivity contribution in [3.05, 3.63) is 30.1 Å². The number of aliphatic carboxylic acids is 1. The van der Waals surface area contributed by atoms with Crippen molar-refractivity contribution >= 4 is 17.7 Å². The summed E-state index contributed by atoms with van der Waals surface area (Å²) in [4.78, 5) is 15.0. The molecule has 0 aromatic carbocycles. The van der Waals surface area contributed by atoms with Gasteiger partial charge < -0.3 is 10.8 Å². The second kappa shape index (κ2) is 5.32. The fourth-order valence-corrected chi connectivity index (χ4v) is 2.10. The minimum absolute atomic E-state index is 0.511. The summed E-state index contributed by atoms with van der Waals surface area (Å²) in [7, 11) is 0. The summed E-state index contributed by atoms with van der Waals surface area (Å²) >= 11 is 1.50. The van der Waals surface area contributed by atoms with Gasteiger partial charge in [0.25, 0.3) is 0 Å². The van der Waals surface area contributed by atoms with Gasteiger partial charge in [-0.3, -0.25) is 9.78 Å². The molecule has 0 aliphatic rings. The van der Waals surface area contributed by atoms with Gasteiger partial charge >= 0.3 is 5.97 Å². The highest BCUT2D eigenvalue weighted by Crippen LogP contribution is 2.29. The Bertz CT molecular complexity index is 354. The van der Waals surface area contributed by atoms with Crippen LogP contribution < -0.4 is 5.73 Å². The molecular weight excluding hydrogens is 224 g/mol. The van der Waals surface area contributed by atoms with Crippen LogP contribution in [0.4, 0.5) is 0 Å². The summed E-state index contributed by atoms with van der Waals surface area (Å²) in [5.74, 6) is -0.312. The quantitative estimate of drug-likeness (QED) is 0.815. The third kappa shape index (κ3) is 3.50. The van der Waals surface area contributed by atoms with Crippen molar-refractivity contribution in [1.29, 1.82) is 0 Å². The Morgan fingerprint density at radius 1 is 1.62 bits per heavy atom. The molecular formula is C11H16N2O2S. The standard InChI is InChI=1S/C11H16N2O2S/c1-11(2,9(12)10(14)15)16-7-8-5-3-4-6-13-8/h3-6,9H,7,12H2,1-2H3,(H,14,15)/t9-/m1/s1. The first kappa shape index (κ1) is 13.0. The molecule has 0 aliphatic carbocycles. The van der Waals surface area contributed by atoms with Gasteiger partial charge in [-0.05, 0) is 26.0 Å². The van der Waals surface area contributed by atoms with Crippen LogP contribution in [0.5, 0.6) is 0 Å². The Morgan fingerprint density at radius 3 is 2.81 bits per heavy atom. The first-order valence-corrected chi connectivity index (χ1v) is 5.94. The molecule has 0 saturated carbocycles. The largest absolute Gasteiger partial charge is 0.480 e. The monoisotopic (exact) mass is 240 g/mol. The number of carboxylic acids is 1. The number of nitrogens with two attached hydrogens (primary N) is 1. The highest BCUT2D eigenvalue weighted by Gasteiger charge is 2.32. The number of aromatic nitrogens is 1. The first-order chi connectivity index (χ1) is 7.43. The molecule has 3 N–H and O–H groups in total. The van der Waals surface area contributed by atoms with Crippen molar-refractivity contribution in [3.63, 3.8) is 0 Å². The molecule has 1 heterocycles. The van der Waals surface area contributed by atoms with Gasteiger partial charge in [-0.1, -0.05) is 6.07 Å². The van der Waals surface area contributed by atoms with Crippen LogP contribution >= 0.6 is 11.8 Å². The highest BCUT2D eigenvalue weighted by atomic mass is 32.2. The normalized spacial score (nSPS) is 13.4. The van der Waals surface area contributed by atoms with E-state index in [1.165, 1.54) is 11.8 Å². The lowest BCUT2D eigenvalue weighted by Gasteiger charge is -2.27. The van der Waals surface area contributed by atoms with Crippen LogP contribution in [0.15, 0.2) is 24.4 Å². The highest BCUT2D eigenvalue weighted by molar-refractivity contribution is 7.99. The van der Waals surface area contributed by atoms with Crippen molar-refractivity contribution in [1.82, 2.24) is 4.98 Å². The smallest absolute Gasteiger partial charge is 0.321 e. The van der Waals surface area contributed by atoms with E-state index in [9.17, 15) is 4.79 Å². The topological polar surface area (TPSA) is 76.2 Å². The number of thioether (sulfide) groups is 1. The zero-order valence-corrected chi connectivity index (χ0v) is 10.2. The molecule has 0 amide bonds. The van der Waals surface area contributed by atoms with Gasteiger partial charge in [-0.15, -0.1) is 11.8 Å². The molecule has 1 atom stereocenters. The van der Waals surface area contributed by atoms with Gasteiger partial charge in [0.1, 0.15) is 6.04 Å². The van der Waals surface area contributed by atoms with E-state index >= 15 is 0 Å². The molecule has 4 nitrogen and oxygen atoms in total. The Hall–Kier alpha value is -1.07. The Kier molecular flexibility index (Phi) is 4.32. The SMILES string of the molecule is CC(C)(SCc1ccccn1)[C@H](N)C(=O)O. The van der Waals surface area contributed by atoms with Crippen LogP contribution in [0.25, 0.3) is 0 Å². The van der Waals surface area contributed by atoms with Gasteiger partial charge in [0.15, 0.2) is 0 Å². The fraction of sp³-hybridized carbons (Fsp3) is 0.455. The lowest BCUT2D eigenvalue weighted by atomic mass is 10.1. The molecule has 16 heavy (non-hydrogen) atoms. The lowest BCUT2D eigenvalue weighted by molar-refractivity contribution is -0.139. The molecule has 0 spiro atoms. The molecule has 0 saturated heterocycles. The predicted octanol–water partition coefficient (Wildman–Crippen LogP) is 1.51. The van der Waals surface area contributed by atoms with E-state index in [4.69, 9.17) is 10.8 Å². The number of nitrogens with zero attached hydrogens (tertiary/aromatic N) is 1. The van der Waals surface area contributed by atoms with Crippen LogP contribution in [0, 0.1) is 0 Å². The number of carbonyl (C=O) groups is 1. The van der Waals surface area contributed by atoms with E-state index in [0.29, 0.717) is 5.75 Å². The summed E-state index contributed by atoms with van der Waals surface area (Å²) in [5.41, 5.74) is 6.55. The molecule has 1 rings (SSSR count). The summed E-state index contributed by atoms with van der Waals surface area (Å²) < 4.78 is -0.511. The van der Waals surface area contributed by atoms with Gasteiger partial charge in [-0.25, -0.2) is 0 Å². The molecule has 1 aromatic rings. The first-order valence-electron chi connectivity index (χ1n) is 4.96. The number of pyridine rings is 1. The minimum Gasteiger partial charge on any atom is -0.480 e. The second-order valence-electron chi connectivity index (χ2n) is 4.03. The molecule has 1 aromatic heterocycles. The number of hydrogen-bond donors (Lipinski definition) is 2. The zero-order chi connectivity index (χ0) is 12.2. The minimum atomic E-state index is -0.974. The summed E-state index contributed by atoms with van der Waals surface area (Å²) in [6.45, 7) is 3.67. The lowest BCUT2D eigenvalue weighted by Crippen LogP contribution is -2.46. The van der Waals surface area contributed by atoms with E-state index in [1.54, 1.807) is 6.20 Å². The zero-order valence-electron chi connectivity index (χ0n) is 9.38. The van der Waals surface area contributed by atoms with Gasteiger partial charge in [0.05, 0.1) is 5.69 Å². The number of hydrogen-bond acceptors (Lipinski definition) is 4. The van der Waals surface area contributed by atoms with E-state index in [-0.39, 0.29) is 0 Å². The van der Waals surface area contributed by atoms with Gasteiger partial charge in [0.2, 0.25) is 0 Å². The van der Waals surface area contributed by atoms with Crippen LogP contribution in [0.2, 0.25) is 0 Å². The molecule has 5 heteroatoms. The van der Waals surface area contributed by atoms with Crippen LogP contribution in [0.3, 0.4) is 0 Å². The Labute approximate surface area is 99.3 Å². The molecule has 0 radical (unpaired) electrons. The Morgan fingerprint density at radius 2 is 2.31 bits per heavy atom. The third-order valence-corrected chi connectivity index (χ3v) is 3.77. The summed E-state index contributed by atoms with van der Waals surface area (Å²) in [5, 5.41) is 8.86. The van der Waals surface area contributed by atoms with Crippen molar-refractivity contribution in [2.45, 2.75) is 30.4 Å². The van der Waals surface area contributed by atoms with Crippen LogP contribution in [-0.2, 0) is 10.5 Å². The van der Waals surface area contributed by atoms with E-state index in [0.717, 1.165) is 5.69 Å². The maximum atomic E-state index is 10.8. The van der Waals surface area contributed by atoms with Crippen molar-refractivity contribution in [2.75, 3.05) is 0 Å². The molecule has 0 unspecified atom stereocenters. The third-order valence-electron chi connectivity index (χ3n) is 2.33. The molecule has 0 bridgehead atoms.